The van der Waals surface area contributed by atoms with Crippen LogP contribution in [-0.2, 0) is 15.0 Å². The van der Waals surface area contributed by atoms with Crippen molar-refractivity contribution in [3.63, 3.8) is 0 Å². The van der Waals surface area contributed by atoms with Gasteiger partial charge in [0.15, 0.2) is 0 Å². The number of hydrogen-bond acceptors (Lipinski definition) is 2. The van der Waals surface area contributed by atoms with Gasteiger partial charge in [-0.15, -0.1) is 0 Å². The maximum absolute atomic E-state index is 12.6. The van der Waals surface area contributed by atoms with Crippen LogP contribution in [0.5, 0.6) is 0 Å². The third-order valence-electron chi connectivity index (χ3n) is 5.14. The van der Waals surface area contributed by atoms with E-state index in [0.29, 0.717) is 18.0 Å². The summed E-state index contributed by atoms with van der Waals surface area (Å²) in [4.78, 5) is 26.5. The summed E-state index contributed by atoms with van der Waals surface area (Å²) in [7, 11) is 0. The Bertz CT molecular complexity index is 596. The van der Waals surface area contributed by atoms with Gasteiger partial charge in [0.25, 0.3) is 0 Å². The Balaban J connectivity index is 1.46. The van der Waals surface area contributed by atoms with Crippen LogP contribution < -0.4 is 5.32 Å². The molecule has 1 N–H and O–H groups in total. The number of hydrogen-bond donors (Lipinski definition) is 1. The van der Waals surface area contributed by atoms with Gasteiger partial charge < -0.3 is 10.2 Å². The van der Waals surface area contributed by atoms with Crippen molar-refractivity contribution >= 4 is 23.4 Å². The first kappa shape index (κ1) is 17.3. The first-order valence-electron chi connectivity index (χ1n) is 8.94. The molecule has 4 nitrogen and oxygen atoms in total. The molecule has 1 saturated heterocycles. The number of nitrogens with one attached hydrogen (secondary N) is 1. The molecule has 0 spiro atoms. The topological polar surface area (TPSA) is 49.4 Å². The zero-order valence-electron chi connectivity index (χ0n) is 14.0. The molecule has 2 fully saturated rings. The zero-order valence-corrected chi connectivity index (χ0v) is 14.8. The molecule has 1 aromatic rings. The number of carbonyl (C=O) groups excluding carboxylic acids is 2. The first-order chi connectivity index (χ1) is 11.6. The van der Waals surface area contributed by atoms with E-state index in [1.165, 1.54) is 0 Å². The van der Waals surface area contributed by atoms with Crippen LogP contribution in [0.25, 0.3) is 0 Å². The highest BCUT2D eigenvalue weighted by molar-refractivity contribution is 6.30. The molecule has 1 saturated carbocycles. The van der Waals surface area contributed by atoms with E-state index in [-0.39, 0.29) is 17.2 Å². The summed E-state index contributed by atoms with van der Waals surface area (Å²) < 4.78 is 0. The minimum atomic E-state index is -0.358. The van der Waals surface area contributed by atoms with Crippen LogP contribution in [0.1, 0.15) is 50.5 Å². The van der Waals surface area contributed by atoms with Gasteiger partial charge in [-0.25, -0.2) is 0 Å². The molecule has 2 amide bonds. The highest BCUT2D eigenvalue weighted by Gasteiger charge is 2.50. The fourth-order valence-electron chi connectivity index (χ4n) is 3.46. The second-order valence-corrected chi connectivity index (χ2v) is 7.33. The molecule has 1 aliphatic heterocycles. The van der Waals surface area contributed by atoms with Crippen LogP contribution in [0.3, 0.4) is 0 Å². The SMILES string of the molecule is O=C1CCCCCN1CCCNC(=O)C1(c2ccc(Cl)cc2)CC1. The van der Waals surface area contributed by atoms with Crippen molar-refractivity contribution < 1.29 is 9.59 Å². The normalized spacial score (nSPS) is 19.7. The molecule has 0 atom stereocenters. The van der Waals surface area contributed by atoms with Gasteiger partial charge in [0.2, 0.25) is 11.8 Å². The van der Waals surface area contributed by atoms with Crippen LogP contribution >= 0.6 is 11.6 Å². The van der Waals surface area contributed by atoms with Gasteiger partial charge in [-0.05, 0) is 49.8 Å². The third kappa shape index (κ3) is 3.92. The monoisotopic (exact) mass is 348 g/mol. The van der Waals surface area contributed by atoms with Gasteiger partial charge in [-0.1, -0.05) is 30.2 Å². The summed E-state index contributed by atoms with van der Waals surface area (Å²) >= 11 is 5.93. The van der Waals surface area contributed by atoms with Crippen LogP contribution in [0.4, 0.5) is 0 Å². The van der Waals surface area contributed by atoms with Gasteiger partial charge >= 0.3 is 0 Å². The molecule has 3 rings (SSSR count). The average molecular weight is 349 g/mol. The van der Waals surface area contributed by atoms with Crippen molar-refractivity contribution in [3.05, 3.63) is 34.9 Å². The molecule has 0 aromatic heterocycles. The number of amides is 2. The third-order valence-corrected chi connectivity index (χ3v) is 5.40. The molecule has 0 unspecified atom stereocenters. The summed E-state index contributed by atoms with van der Waals surface area (Å²) in [5.41, 5.74) is 0.690. The summed E-state index contributed by atoms with van der Waals surface area (Å²) in [6, 6.07) is 7.58. The van der Waals surface area contributed by atoms with E-state index in [4.69, 9.17) is 11.6 Å². The second kappa shape index (κ2) is 7.56. The Morgan fingerprint density at radius 2 is 1.92 bits per heavy atom. The molecule has 0 radical (unpaired) electrons. The maximum atomic E-state index is 12.6. The molecule has 24 heavy (non-hydrogen) atoms. The van der Waals surface area contributed by atoms with Gasteiger partial charge in [-0.2, -0.15) is 0 Å². The lowest BCUT2D eigenvalue weighted by molar-refractivity contribution is -0.130. The Labute approximate surface area is 148 Å². The molecule has 130 valence electrons. The van der Waals surface area contributed by atoms with E-state index < -0.39 is 0 Å². The van der Waals surface area contributed by atoms with E-state index in [0.717, 1.165) is 57.2 Å². The Hall–Kier alpha value is -1.55. The lowest BCUT2D eigenvalue weighted by Crippen LogP contribution is -2.37. The van der Waals surface area contributed by atoms with Crippen molar-refractivity contribution in [1.29, 1.82) is 0 Å². The largest absolute Gasteiger partial charge is 0.355 e. The molecule has 5 heteroatoms. The highest BCUT2D eigenvalue weighted by atomic mass is 35.5. The number of likely N-dealkylation sites (tertiary alicyclic amines) is 1. The number of nitrogens with zero attached hydrogens (tertiary/aromatic N) is 1. The highest BCUT2D eigenvalue weighted by Crippen LogP contribution is 2.48. The molecule has 1 heterocycles. The van der Waals surface area contributed by atoms with Gasteiger partial charge in [-0.3, -0.25) is 9.59 Å². The van der Waals surface area contributed by atoms with Crippen molar-refractivity contribution in [1.82, 2.24) is 10.2 Å². The number of benzene rings is 1. The van der Waals surface area contributed by atoms with Gasteiger partial charge in [0.1, 0.15) is 0 Å². The molecular formula is C19H25ClN2O2. The minimum Gasteiger partial charge on any atom is -0.355 e. The van der Waals surface area contributed by atoms with E-state index in [9.17, 15) is 9.59 Å². The second-order valence-electron chi connectivity index (χ2n) is 6.89. The number of rotatable bonds is 6. The van der Waals surface area contributed by atoms with E-state index in [1.54, 1.807) is 0 Å². The van der Waals surface area contributed by atoms with Crippen LogP contribution in [0, 0.1) is 0 Å². The molecule has 1 aliphatic carbocycles. The molecular weight excluding hydrogens is 324 g/mol. The summed E-state index contributed by atoms with van der Waals surface area (Å²) in [5, 5.41) is 3.75. The molecule has 2 aliphatic rings. The zero-order chi connectivity index (χ0) is 17.0. The van der Waals surface area contributed by atoms with E-state index >= 15 is 0 Å². The quantitative estimate of drug-likeness (QED) is 0.802. The van der Waals surface area contributed by atoms with Crippen LogP contribution in [0.15, 0.2) is 24.3 Å². The lowest BCUT2D eigenvalue weighted by atomic mass is 9.95. The Morgan fingerprint density at radius 3 is 2.62 bits per heavy atom. The van der Waals surface area contributed by atoms with Crippen molar-refractivity contribution in [2.24, 2.45) is 0 Å². The van der Waals surface area contributed by atoms with Crippen LogP contribution in [-0.4, -0.2) is 36.3 Å². The van der Waals surface area contributed by atoms with E-state index in [2.05, 4.69) is 5.32 Å². The van der Waals surface area contributed by atoms with Gasteiger partial charge in [0.05, 0.1) is 5.41 Å². The molecule has 0 bridgehead atoms. The number of carbonyl (C=O) groups is 2. The Morgan fingerprint density at radius 1 is 1.17 bits per heavy atom. The maximum Gasteiger partial charge on any atom is 0.230 e. The average Bonchev–Trinajstić information content (AvgIpc) is 3.39. The number of halogens is 1. The van der Waals surface area contributed by atoms with Crippen LogP contribution in [0.2, 0.25) is 5.02 Å². The van der Waals surface area contributed by atoms with Crippen molar-refractivity contribution in [2.75, 3.05) is 19.6 Å². The predicted molar refractivity (Wildman–Crippen MR) is 95.0 cm³/mol. The first-order valence-corrected chi connectivity index (χ1v) is 9.32. The van der Waals surface area contributed by atoms with E-state index in [1.807, 2.05) is 29.2 Å². The minimum absolute atomic E-state index is 0.104. The summed E-state index contributed by atoms with van der Waals surface area (Å²) in [6.45, 7) is 2.23. The van der Waals surface area contributed by atoms with Crippen molar-refractivity contribution in [2.45, 2.75) is 50.4 Å². The fourth-order valence-corrected chi connectivity index (χ4v) is 3.58. The lowest BCUT2D eigenvalue weighted by Gasteiger charge is -2.21. The summed E-state index contributed by atoms with van der Waals surface area (Å²) in [6.07, 6.45) is 6.52. The Kier molecular flexibility index (Phi) is 5.44. The predicted octanol–water partition coefficient (Wildman–Crippen LogP) is 3.28. The fraction of sp³-hybridized carbons (Fsp3) is 0.579. The summed E-state index contributed by atoms with van der Waals surface area (Å²) in [5.74, 6) is 0.366. The standard InChI is InChI=1S/C19H25ClN2O2/c20-16-8-6-15(7-9-16)19(10-11-19)18(24)21-12-4-14-22-13-3-1-2-5-17(22)23/h6-9H,1-5,10-14H2,(H,21,24). The smallest absolute Gasteiger partial charge is 0.230 e. The van der Waals surface area contributed by atoms with Crippen molar-refractivity contribution in [3.8, 4) is 0 Å². The van der Waals surface area contributed by atoms with Gasteiger partial charge in [0, 0.05) is 31.1 Å². The molecule has 1 aromatic carbocycles.